The van der Waals surface area contributed by atoms with Crippen molar-refractivity contribution in [1.82, 2.24) is 5.32 Å². The number of nitrogens with zero attached hydrogens (tertiary/aromatic N) is 1. The lowest BCUT2D eigenvalue weighted by Crippen LogP contribution is -2.51. The molecule has 1 unspecified atom stereocenters. The van der Waals surface area contributed by atoms with Gasteiger partial charge in [-0.2, -0.15) is 0 Å². The minimum Gasteiger partial charge on any atom is -0.483 e. The van der Waals surface area contributed by atoms with Gasteiger partial charge >= 0.3 is 0 Å². The number of amides is 2. The molecule has 3 rings (SSSR count). The number of likely N-dealkylation sites (N-methyl/N-ethyl adjacent to an activating group) is 1. The van der Waals surface area contributed by atoms with Crippen molar-refractivity contribution in [2.75, 3.05) is 25.1 Å². The number of anilines is 1. The van der Waals surface area contributed by atoms with Gasteiger partial charge in [-0.15, -0.1) is 0 Å². The number of halogens is 1. The summed E-state index contributed by atoms with van der Waals surface area (Å²) in [6.45, 7) is 1.97. The Kier molecular flexibility index (Phi) is 5.46. The van der Waals surface area contributed by atoms with Crippen molar-refractivity contribution in [2.45, 2.75) is 13.0 Å². The number of hydrogen-bond acceptors (Lipinski definition) is 4. The topological polar surface area (TPSA) is 67.9 Å². The van der Waals surface area contributed by atoms with Crippen LogP contribution in [0.2, 0.25) is 0 Å². The number of para-hydroxylation sites is 2. The van der Waals surface area contributed by atoms with Crippen LogP contribution in [0, 0.1) is 6.92 Å². The molecule has 0 aliphatic carbocycles. The second-order valence-electron chi connectivity index (χ2n) is 5.92. The van der Waals surface area contributed by atoms with Crippen LogP contribution in [0.5, 0.6) is 11.5 Å². The van der Waals surface area contributed by atoms with Gasteiger partial charge in [0.1, 0.15) is 11.5 Å². The highest BCUT2D eigenvalue weighted by Gasteiger charge is 2.33. The molecule has 136 valence electrons. The standard InChI is InChI=1S/C19H19BrN2O4/c1-12-7-8-15(13(20)9-12)25-11-18(23)22-10-17(19(24)21-2)26-16-6-4-3-5-14(16)22/h3-9,17H,10-11H2,1-2H3,(H,21,24). The van der Waals surface area contributed by atoms with Crippen LogP contribution in [-0.2, 0) is 9.59 Å². The second kappa shape index (κ2) is 7.78. The largest absolute Gasteiger partial charge is 0.483 e. The van der Waals surface area contributed by atoms with E-state index in [9.17, 15) is 9.59 Å². The maximum Gasteiger partial charge on any atom is 0.265 e. The Hall–Kier alpha value is -2.54. The van der Waals surface area contributed by atoms with E-state index < -0.39 is 6.10 Å². The number of carbonyl (C=O) groups is 2. The van der Waals surface area contributed by atoms with Crippen molar-refractivity contribution < 1.29 is 19.1 Å². The first-order valence-corrected chi connectivity index (χ1v) is 8.95. The summed E-state index contributed by atoms with van der Waals surface area (Å²) in [5.41, 5.74) is 1.72. The van der Waals surface area contributed by atoms with Crippen molar-refractivity contribution in [3.05, 3.63) is 52.5 Å². The molecule has 0 aromatic heterocycles. The van der Waals surface area contributed by atoms with Crippen LogP contribution in [0.15, 0.2) is 46.9 Å². The number of ether oxygens (including phenoxy) is 2. The van der Waals surface area contributed by atoms with E-state index in [1.165, 1.54) is 11.9 Å². The van der Waals surface area contributed by atoms with E-state index in [-0.39, 0.29) is 25.0 Å². The Morgan fingerprint density at radius 2 is 2.08 bits per heavy atom. The first kappa shape index (κ1) is 18.3. The zero-order valence-electron chi connectivity index (χ0n) is 14.5. The Labute approximate surface area is 160 Å². The Morgan fingerprint density at radius 1 is 1.31 bits per heavy atom. The first-order chi connectivity index (χ1) is 12.5. The predicted molar refractivity (Wildman–Crippen MR) is 102 cm³/mol. The van der Waals surface area contributed by atoms with Gasteiger partial charge in [0.05, 0.1) is 16.7 Å². The predicted octanol–water partition coefficient (Wildman–Crippen LogP) is 2.68. The Balaban J connectivity index is 1.77. The minimum absolute atomic E-state index is 0.133. The summed E-state index contributed by atoms with van der Waals surface area (Å²) in [6.07, 6.45) is -0.759. The van der Waals surface area contributed by atoms with Crippen molar-refractivity contribution in [3.63, 3.8) is 0 Å². The highest BCUT2D eigenvalue weighted by Crippen LogP contribution is 2.33. The highest BCUT2D eigenvalue weighted by atomic mass is 79.9. The molecular formula is C19H19BrN2O4. The molecule has 2 aromatic carbocycles. The van der Waals surface area contributed by atoms with Gasteiger partial charge < -0.3 is 19.7 Å². The van der Waals surface area contributed by atoms with Crippen LogP contribution in [0.3, 0.4) is 0 Å². The van der Waals surface area contributed by atoms with Crippen molar-refractivity contribution in [3.8, 4) is 11.5 Å². The fraction of sp³-hybridized carbons (Fsp3) is 0.263. The lowest BCUT2D eigenvalue weighted by Gasteiger charge is -2.33. The summed E-state index contributed by atoms with van der Waals surface area (Å²) in [7, 11) is 1.54. The molecular weight excluding hydrogens is 400 g/mol. The third-order valence-electron chi connectivity index (χ3n) is 4.05. The molecule has 2 amide bonds. The van der Waals surface area contributed by atoms with Crippen LogP contribution in [-0.4, -0.2) is 38.1 Å². The first-order valence-electron chi connectivity index (χ1n) is 8.16. The normalized spacial score (nSPS) is 15.7. The van der Waals surface area contributed by atoms with E-state index in [0.717, 1.165) is 10.0 Å². The zero-order valence-corrected chi connectivity index (χ0v) is 16.1. The average molecular weight is 419 g/mol. The third-order valence-corrected chi connectivity index (χ3v) is 4.67. The summed E-state index contributed by atoms with van der Waals surface area (Å²) < 4.78 is 12.2. The van der Waals surface area contributed by atoms with E-state index in [4.69, 9.17) is 9.47 Å². The summed E-state index contributed by atoms with van der Waals surface area (Å²) in [5, 5.41) is 2.56. The molecule has 0 saturated heterocycles. The molecule has 1 atom stereocenters. The van der Waals surface area contributed by atoms with Crippen LogP contribution in [0.4, 0.5) is 5.69 Å². The number of aryl methyl sites for hydroxylation is 1. The maximum atomic E-state index is 12.8. The van der Waals surface area contributed by atoms with E-state index in [0.29, 0.717) is 17.2 Å². The Morgan fingerprint density at radius 3 is 2.81 bits per heavy atom. The Bertz CT molecular complexity index is 840. The van der Waals surface area contributed by atoms with Crippen LogP contribution < -0.4 is 19.7 Å². The lowest BCUT2D eigenvalue weighted by molar-refractivity contribution is -0.128. The monoisotopic (exact) mass is 418 g/mol. The quantitative estimate of drug-likeness (QED) is 0.828. The van der Waals surface area contributed by atoms with Crippen LogP contribution in [0.1, 0.15) is 5.56 Å². The van der Waals surface area contributed by atoms with E-state index in [1.807, 2.05) is 31.2 Å². The van der Waals surface area contributed by atoms with Crippen molar-refractivity contribution in [1.29, 1.82) is 0 Å². The van der Waals surface area contributed by atoms with E-state index >= 15 is 0 Å². The molecule has 0 spiro atoms. The molecule has 0 fully saturated rings. The lowest BCUT2D eigenvalue weighted by atomic mass is 10.1. The minimum atomic E-state index is -0.759. The maximum absolute atomic E-state index is 12.8. The molecule has 0 bridgehead atoms. The van der Waals surface area contributed by atoms with Gasteiger partial charge in [-0.25, -0.2) is 0 Å². The van der Waals surface area contributed by atoms with Crippen LogP contribution in [0.25, 0.3) is 0 Å². The molecule has 0 saturated carbocycles. The van der Waals surface area contributed by atoms with Crippen LogP contribution >= 0.6 is 15.9 Å². The number of benzene rings is 2. The molecule has 26 heavy (non-hydrogen) atoms. The van der Waals surface area contributed by atoms with Gasteiger partial charge in [0.2, 0.25) is 0 Å². The summed E-state index contributed by atoms with van der Waals surface area (Å²) >= 11 is 3.43. The molecule has 2 aromatic rings. The molecule has 6 nitrogen and oxygen atoms in total. The SMILES string of the molecule is CNC(=O)C1CN(C(=O)COc2ccc(C)cc2Br)c2ccccc2O1. The molecule has 1 N–H and O–H groups in total. The summed E-state index contributed by atoms with van der Waals surface area (Å²) in [4.78, 5) is 26.3. The van der Waals surface area contributed by atoms with Crippen molar-refractivity contribution >= 4 is 33.4 Å². The molecule has 0 radical (unpaired) electrons. The van der Waals surface area contributed by atoms with Gasteiger partial charge in [-0.05, 0) is 52.7 Å². The van der Waals surface area contributed by atoms with E-state index in [2.05, 4.69) is 21.2 Å². The van der Waals surface area contributed by atoms with Gasteiger partial charge in [0.25, 0.3) is 11.8 Å². The number of hydrogen-bond donors (Lipinski definition) is 1. The van der Waals surface area contributed by atoms with Gasteiger partial charge in [0.15, 0.2) is 12.7 Å². The van der Waals surface area contributed by atoms with Crippen molar-refractivity contribution in [2.24, 2.45) is 0 Å². The molecule has 7 heteroatoms. The summed E-state index contributed by atoms with van der Waals surface area (Å²) in [6, 6.07) is 12.8. The molecule has 1 aliphatic heterocycles. The fourth-order valence-corrected chi connectivity index (χ4v) is 3.32. The third kappa shape index (κ3) is 3.83. The average Bonchev–Trinajstić information content (AvgIpc) is 2.65. The smallest absolute Gasteiger partial charge is 0.265 e. The molecule has 1 heterocycles. The molecule has 1 aliphatic rings. The van der Waals surface area contributed by atoms with Gasteiger partial charge in [-0.1, -0.05) is 18.2 Å². The fourth-order valence-electron chi connectivity index (χ4n) is 2.71. The summed E-state index contributed by atoms with van der Waals surface area (Å²) in [5.74, 6) is 0.562. The highest BCUT2D eigenvalue weighted by molar-refractivity contribution is 9.10. The van der Waals surface area contributed by atoms with Gasteiger partial charge in [0, 0.05) is 7.05 Å². The van der Waals surface area contributed by atoms with E-state index in [1.54, 1.807) is 18.2 Å². The second-order valence-corrected chi connectivity index (χ2v) is 6.77. The number of carbonyl (C=O) groups excluding carboxylic acids is 2. The van der Waals surface area contributed by atoms with Gasteiger partial charge in [-0.3, -0.25) is 9.59 Å². The number of rotatable bonds is 4. The number of nitrogens with one attached hydrogen (secondary N) is 1. The zero-order chi connectivity index (χ0) is 18.7. The number of fused-ring (bicyclic) bond motifs is 1.